The molecule has 1 aromatic heterocycles. The van der Waals surface area contributed by atoms with E-state index in [2.05, 4.69) is 289 Å². The molecule has 0 fully saturated rings. The molecule has 0 saturated heterocycles. The zero-order chi connectivity index (χ0) is 47.3. The molecule has 11 aromatic carbocycles. The first-order chi connectivity index (χ1) is 35.0. The van der Waals surface area contributed by atoms with Gasteiger partial charge in [0.15, 0.2) is 0 Å². The summed E-state index contributed by atoms with van der Waals surface area (Å²) in [6, 6.07) is 93.2. The molecule has 0 N–H and O–H groups in total. The molecule has 12 aromatic rings. The molecule has 1 heterocycles. The van der Waals surface area contributed by atoms with E-state index in [1.165, 1.54) is 99.0 Å². The third-order valence-electron chi connectivity index (χ3n) is 14.8. The number of para-hydroxylation sites is 1. The van der Waals surface area contributed by atoms with Crippen molar-refractivity contribution in [2.24, 2.45) is 0 Å². The van der Waals surface area contributed by atoms with Crippen molar-refractivity contribution in [2.75, 3.05) is 4.90 Å². The second-order valence-corrected chi connectivity index (χ2v) is 19.1. The van der Waals surface area contributed by atoms with Crippen LogP contribution in [0.15, 0.2) is 273 Å². The second kappa shape index (κ2) is 17.5. The Morgan fingerprint density at radius 2 is 0.831 bits per heavy atom. The molecule has 0 spiro atoms. The highest BCUT2D eigenvalue weighted by Gasteiger charge is 2.32. The van der Waals surface area contributed by atoms with Gasteiger partial charge in [-0.1, -0.05) is 218 Å². The SMILES string of the molecule is CC1(N(c2ccc(-c3cccc4ccccc34)cc2)c2ccc(-c3cccc4ccccc34)cc2)C=CC(c2ccc(-c3ccc4c(c3)c3ccccc3n4-c3ccc(-c4ccccc4)cc3)cc2)=CC1. The van der Waals surface area contributed by atoms with Crippen LogP contribution >= 0.6 is 0 Å². The van der Waals surface area contributed by atoms with E-state index in [1.807, 2.05) is 0 Å². The summed E-state index contributed by atoms with van der Waals surface area (Å²) in [4.78, 5) is 2.52. The largest absolute Gasteiger partial charge is 0.332 e. The Kier molecular flexibility index (Phi) is 10.4. The lowest BCUT2D eigenvalue weighted by Gasteiger charge is -2.42. The zero-order valence-electron chi connectivity index (χ0n) is 39.6. The smallest absolute Gasteiger partial charge is 0.0643 e. The molecule has 336 valence electrons. The second-order valence-electron chi connectivity index (χ2n) is 19.1. The topological polar surface area (TPSA) is 8.17 Å². The maximum atomic E-state index is 2.52. The number of rotatable bonds is 9. The van der Waals surface area contributed by atoms with Crippen LogP contribution in [0.5, 0.6) is 0 Å². The molecule has 0 saturated carbocycles. The number of hydrogen-bond donors (Lipinski definition) is 0. The van der Waals surface area contributed by atoms with Crippen LogP contribution in [0.3, 0.4) is 0 Å². The van der Waals surface area contributed by atoms with Crippen molar-refractivity contribution in [3.63, 3.8) is 0 Å². The van der Waals surface area contributed by atoms with Gasteiger partial charge in [-0.3, -0.25) is 0 Å². The molecule has 71 heavy (non-hydrogen) atoms. The molecule has 1 atom stereocenters. The molecule has 0 aliphatic heterocycles. The number of anilines is 2. The molecule has 1 aliphatic carbocycles. The Bertz CT molecular complexity index is 3860. The highest BCUT2D eigenvalue weighted by Crippen LogP contribution is 2.43. The third kappa shape index (κ3) is 7.62. The highest BCUT2D eigenvalue weighted by molar-refractivity contribution is 6.10. The Morgan fingerprint density at radius 1 is 0.366 bits per heavy atom. The molecular formula is C69H50N2. The standard InChI is InChI=1S/C69H50N2/c1-69(71(59-38-31-55(32-39-59)63-22-11-17-53-15-5-7-19-61(53)63)60-40-33-56(34-41-60)64-23-12-18-54-16-6-8-20-62(54)64)45-43-52(44-46-69)49-25-27-51(28-26-49)57-35-42-68-66(47-57)65-21-9-10-24-67(65)70(68)58-36-29-50(30-37-58)48-13-3-2-4-14-48/h2-45,47H,46H2,1H3. The van der Waals surface area contributed by atoms with Gasteiger partial charge in [-0.15, -0.1) is 0 Å². The Labute approximate surface area is 415 Å². The van der Waals surface area contributed by atoms with Crippen molar-refractivity contribution >= 4 is 60.3 Å². The van der Waals surface area contributed by atoms with Gasteiger partial charge in [0.2, 0.25) is 0 Å². The number of hydrogen-bond acceptors (Lipinski definition) is 1. The van der Waals surface area contributed by atoms with Crippen LogP contribution in [0, 0.1) is 0 Å². The van der Waals surface area contributed by atoms with Gasteiger partial charge in [0.25, 0.3) is 0 Å². The normalized spacial score (nSPS) is 14.6. The number of allylic oxidation sites excluding steroid dienone is 2. The predicted molar refractivity (Wildman–Crippen MR) is 303 cm³/mol. The first-order valence-electron chi connectivity index (χ1n) is 24.7. The number of benzene rings is 11. The van der Waals surface area contributed by atoms with Crippen LogP contribution in [0.4, 0.5) is 11.4 Å². The fourth-order valence-electron chi connectivity index (χ4n) is 11.1. The number of aromatic nitrogens is 1. The molecule has 1 aliphatic rings. The minimum Gasteiger partial charge on any atom is -0.332 e. The van der Waals surface area contributed by atoms with Gasteiger partial charge in [0.1, 0.15) is 0 Å². The average molecular weight is 907 g/mol. The first-order valence-corrected chi connectivity index (χ1v) is 24.7. The maximum absolute atomic E-state index is 2.52. The van der Waals surface area contributed by atoms with Gasteiger partial charge >= 0.3 is 0 Å². The lowest BCUT2D eigenvalue weighted by Crippen LogP contribution is -2.42. The van der Waals surface area contributed by atoms with E-state index in [0.717, 1.165) is 23.5 Å². The van der Waals surface area contributed by atoms with E-state index in [4.69, 9.17) is 0 Å². The van der Waals surface area contributed by atoms with Gasteiger partial charge in [-0.25, -0.2) is 0 Å². The molecule has 13 rings (SSSR count). The van der Waals surface area contributed by atoms with Gasteiger partial charge in [0, 0.05) is 27.8 Å². The quantitative estimate of drug-likeness (QED) is 0.140. The van der Waals surface area contributed by atoms with Crippen LogP contribution < -0.4 is 4.90 Å². The molecule has 0 amide bonds. The van der Waals surface area contributed by atoms with Crippen molar-refractivity contribution in [2.45, 2.75) is 18.9 Å². The number of nitrogens with zero attached hydrogens (tertiary/aromatic N) is 2. The summed E-state index contributed by atoms with van der Waals surface area (Å²) in [6.45, 7) is 2.37. The van der Waals surface area contributed by atoms with Crippen molar-refractivity contribution in [1.82, 2.24) is 4.57 Å². The Morgan fingerprint density at radius 3 is 1.44 bits per heavy atom. The summed E-state index contributed by atoms with van der Waals surface area (Å²) in [5, 5.41) is 7.54. The van der Waals surface area contributed by atoms with E-state index in [0.29, 0.717) is 0 Å². The lowest BCUT2D eigenvalue weighted by atomic mass is 9.85. The van der Waals surface area contributed by atoms with E-state index in [-0.39, 0.29) is 5.54 Å². The summed E-state index contributed by atoms with van der Waals surface area (Å²) < 4.78 is 2.39. The van der Waals surface area contributed by atoms with E-state index >= 15 is 0 Å². The third-order valence-corrected chi connectivity index (χ3v) is 14.8. The Balaban J connectivity index is 0.802. The average Bonchev–Trinajstić information content (AvgIpc) is 3.77. The predicted octanol–water partition coefficient (Wildman–Crippen LogP) is 18.7. The minimum absolute atomic E-state index is 0.329. The molecule has 2 heteroatoms. The summed E-state index contributed by atoms with van der Waals surface area (Å²) in [5.74, 6) is 0. The molecule has 0 radical (unpaired) electrons. The molecule has 1 unspecified atom stereocenters. The Hall–Kier alpha value is -8.98. The van der Waals surface area contributed by atoms with E-state index < -0.39 is 0 Å². The number of fused-ring (bicyclic) bond motifs is 5. The molecular weight excluding hydrogens is 857 g/mol. The van der Waals surface area contributed by atoms with Crippen LogP contribution in [-0.2, 0) is 0 Å². The van der Waals surface area contributed by atoms with Gasteiger partial charge < -0.3 is 9.47 Å². The van der Waals surface area contributed by atoms with Crippen LogP contribution in [0.25, 0.3) is 99.1 Å². The zero-order valence-corrected chi connectivity index (χ0v) is 39.6. The summed E-state index contributed by atoms with van der Waals surface area (Å²) in [6.07, 6.45) is 8.00. The summed E-state index contributed by atoms with van der Waals surface area (Å²) in [5.41, 5.74) is 17.8. The van der Waals surface area contributed by atoms with Crippen LogP contribution in [0.2, 0.25) is 0 Å². The summed E-state index contributed by atoms with van der Waals surface area (Å²) >= 11 is 0. The van der Waals surface area contributed by atoms with E-state index in [9.17, 15) is 0 Å². The monoisotopic (exact) mass is 906 g/mol. The van der Waals surface area contributed by atoms with Gasteiger partial charge in [-0.05, 0) is 145 Å². The van der Waals surface area contributed by atoms with Crippen molar-refractivity contribution in [3.8, 4) is 50.2 Å². The summed E-state index contributed by atoms with van der Waals surface area (Å²) in [7, 11) is 0. The lowest BCUT2D eigenvalue weighted by molar-refractivity contribution is 0.571. The van der Waals surface area contributed by atoms with E-state index in [1.54, 1.807) is 0 Å². The van der Waals surface area contributed by atoms with Crippen molar-refractivity contribution < 1.29 is 0 Å². The first kappa shape index (κ1) is 42.1. The van der Waals surface area contributed by atoms with Crippen LogP contribution in [-0.4, -0.2) is 10.1 Å². The molecule has 2 nitrogen and oxygen atoms in total. The van der Waals surface area contributed by atoms with Gasteiger partial charge in [0.05, 0.1) is 16.6 Å². The maximum Gasteiger partial charge on any atom is 0.0643 e. The van der Waals surface area contributed by atoms with Crippen molar-refractivity contribution in [1.29, 1.82) is 0 Å². The minimum atomic E-state index is -0.329. The van der Waals surface area contributed by atoms with Crippen LogP contribution in [0.1, 0.15) is 18.9 Å². The fraction of sp³-hybridized carbons (Fsp3) is 0.0435. The van der Waals surface area contributed by atoms with Crippen molar-refractivity contribution in [3.05, 3.63) is 279 Å². The highest BCUT2D eigenvalue weighted by atomic mass is 15.2. The van der Waals surface area contributed by atoms with Gasteiger partial charge in [-0.2, -0.15) is 0 Å². The molecule has 0 bridgehead atoms. The fourth-order valence-corrected chi connectivity index (χ4v) is 11.1.